The van der Waals surface area contributed by atoms with Crippen molar-refractivity contribution in [2.45, 2.75) is 13.2 Å². The Morgan fingerprint density at radius 1 is 1.33 bits per heavy atom. The summed E-state index contributed by atoms with van der Waals surface area (Å²) < 4.78 is 10.6. The quantitative estimate of drug-likeness (QED) is 0.748. The van der Waals surface area contributed by atoms with Crippen molar-refractivity contribution < 1.29 is 9.15 Å². The third kappa shape index (κ3) is 3.08. The molecule has 0 saturated carbocycles. The highest BCUT2D eigenvalue weighted by Crippen LogP contribution is 2.09. The van der Waals surface area contributed by atoms with Crippen molar-refractivity contribution in [1.82, 2.24) is 4.98 Å². The van der Waals surface area contributed by atoms with E-state index in [0.717, 1.165) is 11.3 Å². The van der Waals surface area contributed by atoms with Gasteiger partial charge in [-0.2, -0.15) is 0 Å². The number of halogens is 1. The van der Waals surface area contributed by atoms with Gasteiger partial charge in [-0.25, -0.2) is 4.98 Å². The van der Waals surface area contributed by atoms with Gasteiger partial charge in [-0.05, 0) is 29.8 Å². The summed E-state index contributed by atoms with van der Waals surface area (Å²) in [6, 6.07) is 7.36. The van der Waals surface area contributed by atoms with E-state index in [-0.39, 0.29) is 0 Å². The van der Waals surface area contributed by atoms with Crippen LogP contribution in [0.2, 0.25) is 5.15 Å². The van der Waals surface area contributed by atoms with Gasteiger partial charge in [0.05, 0.1) is 12.9 Å². The molecule has 0 radical (unpaired) electrons. The summed E-state index contributed by atoms with van der Waals surface area (Å²) in [4.78, 5) is 3.89. The summed E-state index contributed by atoms with van der Waals surface area (Å²) in [5.74, 6) is 0.815. The Hall–Kier alpha value is -1.32. The van der Waals surface area contributed by atoms with E-state index in [1.54, 1.807) is 18.5 Å². The summed E-state index contributed by atoms with van der Waals surface area (Å²) in [5.41, 5.74) is 1.00. The van der Waals surface area contributed by atoms with E-state index in [2.05, 4.69) is 4.98 Å². The van der Waals surface area contributed by atoms with Gasteiger partial charge in [-0.15, -0.1) is 0 Å². The summed E-state index contributed by atoms with van der Waals surface area (Å²) in [5, 5.41) is 0.481. The van der Waals surface area contributed by atoms with E-state index < -0.39 is 0 Å². The Morgan fingerprint density at radius 2 is 2.27 bits per heavy atom. The van der Waals surface area contributed by atoms with Gasteiger partial charge in [-0.3, -0.25) is 0 Å². The second-order valence-corrected chi connectivity index (χ2v) is 3.45. The van der Waals surface area contributed by atoms with Crippen molar-refractivity contribution in [3.8, 4) is 0 Å². The lowest BCUT2D eigenvalue weighted by molar-refractivity contribution is 0.0929. The van der Waals surface area contributed by atoms with Crippen LogP contribution in [0.1, 0.15) is 11.3 Å². The van der Waals surface area contributed by atoms with Crippen LogP contribution in [-0.2, 0) is 18.0 Å². The number of hydrogen-bond donors (Lipinski definition) is 0. The molecule has 0 aromatic carbocycles. The summed E-state index contributed by atoms with van der Waals surface area (Å²) in [6.45, 7) is 0.968. The zero-order chi connectivity index (χ0) is 10.5. The lowest BCUT2D eigenvalue weighted by atomic mass is 10.3. The standard InChI is InChI=1S/C11H10ClNO2/c12-11-6-9(3-4-13-11)7-14-8-10-2-1-5-15-10/h1-6H,7-8H2. The minimum Gasteiger partial charge on any atom is -0.467 e. The number of hydrogen-bond acceptors (Lipinski definition) is 3. The van der Waals surface area contributed by atoms with Gasteiger partial charge in [0.2, 0.25) is 0 Å². The molecule has 2 aromatic rings. The van der Waals surface area contributed by atoms with E-state index in [1.807, 2.05) is 18.2 Å². The fourth-order valence-corrected chi connectivity index (χ4v) is 1.39. The zero-order valence-electron chi connectivity index (χ0n) is 8.02. The highest BCUT2D eigenvalue weighted by atomic mass is 35.5. The number of furan rings is 1. The van der Waals surface area contributed by atoms with E-state index >= 15 is 0 Å². The third-order valence-corrected chi connectivity index (χ3v) is 2.09. The third-order valence-electron chi connectivity index (χ3n) is 1.88. The summed E-state index contributed by atoms with van der Waals surface area (Å²) >= 11 is 5.74. The first-order chi connectivity index (χ1) is 7.34. The molecule has 0 N–H and O–H groups in total. The molecular formula is C11H10ClNO2. The van der Waals surface area contributed by atoms with Gasteiger partial charge in [0.25, 0.3) is 0 Å². The minimum atomic E-state index is 0.465. The van der Waals surface area contributed by atoms with E-state index in [9.17, 15) is 0 Å². The molecule has 15 heavy (non-hydrogen) atoms. The molecule has 0 bridgehead atoms. The van der Waals surface area contributed by atoms with Crippen molar-refractivity contribution in [1.29, 1.82) is 0 Å². The molecule has 0 aliphatic heterocycles. The zero-order valence-corrected chi connectivity index (χ0v) is 8.78. The van der Waals surface area contributed by atoms with E-state index in [1.165, 1.54) is 0 Å². The second kappa shape index (κ2) is 4.96. The van der Waals surface area contributed by atoms with Gasteiger partial charge in [0, 0.05) is 6.20 Å². The first kappa shape index (κ1) is 10.2. The van der Waals surface area contributed by atoms with Crippen molar-refractivity contribution in [2.24, 2.45) is 0 Å². The lowest BCUT2D eigenvalue weighted by Crippen LogP contribution is -1.93. The normalized spacial score (nSPS) is 10.5. The smallest absolute Gasteiger partial charge is 0.129 e. The monoisotopic (exact) mass is 223 g/mol. The van der Waals surface area contributed by atoms with Crippen LogP contribution in [0.25, 0.3) is 0 Å². The molecule has 78 valence electrons. The van der Waals surface area contributed by atoms with Gasteiger partial charge >= 0.3 is 0 Å². The Bertz CT molecular complexity index is 414. The van der Waals surface area contributed by atoms with Crippen LogP contribution in [0.4, 0.5) is 0 Å². The molecule has 2 aromatic heterocycles. The summed E-state index contributed by atoms with van der Waals surface area (Å²) in [7, 11) is 0. The highest BCUT2D eigenvalue weighted by molar-refractivity contribution is 6.29. The SMILES string of the molecule is Clc1cc(COCc2ccco2)ccn1. The van der Waals surface area contributed by atoms with Crippen molar-refractivity contribution >= 4 is 11.6 Å². The maximum Gasteiger partial charge on any atom is 0.129 e. The molecule has 0 unspecified atom stereocenters. The minimum absolute atomic E-state index is 0.465. The van der Waals surface area contributed by atoms with E-state index in [0.29, 0.717) is 18.4 Å². The number of aromatic nitrogens is 1. The van der Waals surface area contributed by atoms with Gasteiger partial charge in [0.1, 0.15) is 17.5 Å². The van der Waals surface area contributed by atoms with Crippen LogP contribution in [-0.4, -0.2) is 4.98 Å². The van der Waals surface area contributed by atoms with E-state index in [4.69, 9.17) is 20.8 Å². The molecular weight excluding hydrogens is 214 g/mol. The topological polar surface area (TPSA) is 35.3 Å². The van der Waals surface area contributed by atoms with Crippen molar-refractivity contribution in [3.63, 3.8) is 0 Å². The Kier molecular flexibility index (Phi) is 3.37. The average molecular weight is 224 g/mol. The summed E-state index contributed by atoms with van der Waals surface area (Å²) in [6.07, 6.45) is 3.29. The van der Waals surface area contributed by atoms with Gasteiger partial charge in [0.15, 0.2) is 0 Å². The maximum absolute atomic E-state index is 5.74. The Labute approximate surface area is 92.6 Å². The van der Waals surface area contributed by atoms with Crippen LogP contribution in [0.15, 0.2) is 41.1 Å². The first-order valence-electron chi connectivity index (χ1n) is 4.55. The number of ether oxygens (including phenoxy) is 1. The number of pyridine rings is 1. The molecule has 0 amide bonds. The van der Waals surface area contributed by atoms with Crippen LogP contribution in [0.5, 0.6) is 0 Å². The molecule has 0 atom stereocenters. The van der Waals surface area contributed by atoms with Crippen LogP contribution in [0, 0.1) is 0 Å². The molecule has 0 aliphatic rings. The molecule has 0 spiro atoms. The molecule has 4 heteroatoms. The molecule has 2 rings (SSSR count). The average Bonchev–Trinajstić information content (AvgIpc) is 2.71. The predicted molar refractivity (Wildman–Crippen MR) is 56.4 cm³/mol. The molecule has 2 heterocycles. The number of nitrogens with zero attached hydrogens (tertiary/aromatic N) is 1. The first-order valence-corrected chi connectivity index (χ1v) is 4.93. The lowest BCUT2D eigenvalue weighted by Gasteiger charge is -2.02. The Morgan fingerprint density at radius 3 is 3.00 bits per heavy atom. The fraction of sp³-hybridized carbons (Fsp3) is 0.182. The van der Waals surface area contributed by atoms with Crippen LogP contribution >= 0.6 is 11.6 Å². The molecule has 0 fully saturated rings. The van der Waals surface area contributed by atoms with Crippen LogP contribution in [0.3, 0.4) is 0 Å². The molecule has 0 saturated heterocycles. The molecule has 3 nitrogen and oxygen atoms in total. The molecule has 0 aliphatic carbocycles. The highest BCUT2D eigenvalue weighted by Gasteiger charge is 1.98. The van der Waals surface area contributed by atoms with Crippen LogP contribution < -0.4 is 0 Å². The Balaban J connectivity index is 1.83. The fourth-order valence-electron chi connectivity index (χ4n) is 1.20. The van der Waals surface area contributed by atoms with Gasteiger partial charge in [-0.1, -0.05) is 11.6 Å². The predicted octanol–water partition coefficient (Wildman–Crippen LogP) is 3.04. The maximum atomic E-state index is 5.74. The largest absolute Gasteiger partial charge is 0.467 e. The number of rotatable bonds is 4. The second-order valence-electron chi connectivity index (χ2n) is 3.06. The van der Waals surface area contributed by atoms with Gasteiger partial charge < -0.3 is 9.15 Å². The van der Waals surface area contributed by atoms with Crippen molar-refractivity contribution in [3.05, 3.63) is 53.2 Å². The van der Waals surface area contributed by atoms with Crippen molar-refractivity contribution in [2.75, 3.05) is 0 Å².